The molecule has 1 aliphatic rings. The normalized spacial score (nSPS) is 29.2. The second kappa shape index (κ2) is 6.49. The van der Waals surface area contributed by atoms with Gasteiger partial charge in [-0.25, -0.2) is 4.39 Å². The molecule has 2 nitrogen and oxygen atoms in total. The van der Waals surface area contributed by atoms with Crippen molar-refractivity contribution in [1.82, 2.24) is 0 Å². The summed E-state index contributed by atoms with van der Waals surface area (Å²) in [5.74, 6) is 1.29. The molecule has 106 valence electrons. The molecule has 0 aromatic heterocycles. The van der Waals surface area contributed by atoms with E-state index in [1.807, 2.05) is 0 Å². The Morgan fingerprint density at radius 2 is 1.89 bits per heavy atom. The summed E-state index contributed by atoms with van der Waals surface area (Å²) in [6, 6.07) is 6.18. The van der Waals surface area contributed by atoms with Crippen LogP contribution in [0.15, 0.2) is 24.3 Å². The van der Waals surface area contributed by atoms with Gasteiger partial charge in [-0.15, -0.1) is 0 Å². The van der Waals surface area contributed by atoms with Crippen LogP contribution in [0.1, 0.15) is 44.7 Å². The predicted molar refractivity (Wildman–Crippen MR) is 75.2 cm³/mol. The molecule has 4 unspecified atom stereocenters. The molecule has 0 radical (unpaired) electrons. The van der Waals surface area contributed by atoms with Crippen LogP contribution < -0.4 is 5.73 Å². The fourth-order valence-electron chi connectivity index (χ4n) is 2.70. The highest BCUT2D eigenvalue weighted by molar-refractivity contribution is 5.19. The van der Waals surface area contributed by atoms with E-state index in [2.05, 4.69) is 13.8 Å². The molecule has 1 aromatic carbocycles. The van der Waals surface area contributed by atoms with Crippen LogP contribution in [0.4, 0.5) is 4.39 Å². The van der Waals surface area contributed by atoms with Gasteiger partial charge in [0.1, 0.15) is 5.82 Å². The summed E-state index contributed by atoms with van der Waals surface area (Å²) in [6.07, 6.45) is 3.81. The lowest BCUT2D eigenvalue weighted by Gasteiger charge is -2.32. The van der Waals surface area contributed by atoms with Crippen LogP contribution in [-0.4, -0.2) is 12.7 Å². The van der Waals surface area contributed by atoms with Crippen LogP contribution in [0.25, 0.3) is 0 Å². The summed E-state index contributed by atoms with van der Waals surface area (Å²) in [7, 11) is 0. The van der Waals surface area contributed by atoms with E-state index in [9.17, 15) is 4.39 Å². The molecule has 0 amide bonds. The highest BCUT2D eigenvalue weighted by Crippen LogP contribution is 2.31. The Morgan fingerprint density at radius 1 is 1.21 bits per heavy atom. The Bertz CT molecular complexity index is 392. The van der Waals surface area contributed by atoms with Gasteiger partial charge in [-0.3, -0.25) is 0 Å². The quantitative estimate of drug-likeness (QED) is 0.901. The monoisotopic (exact) mass is 265 g/mol. The number of halogens is 1. The standard InChI is InChI=1S/C16H24FNO/c1-11-3-8-15(9-12(11)2)19-10-16(18)13-4-6-14(17)7-5-13/h4-7,11-12,15-16H,3,8-10,18H2,1-2H3. The first-order chi connectivity index (χ1) is 9.06. The van der Waals surface area contributed by atoms with Crippen LogP contribution >= 0.6 is 0 Å². The van der Waals surface area contributed by atoms with Gasteiger partial charge in [-0.2, -0.15) is 0 Å². The summed E-state index contributed by atoms with van der Waals surface area (Å²) >= 11 is 0. The smallest absolute Gasteiger partial charge is 0.123 e. The average Bonchev–Trinajstić information content (AvgIpc) is 2.40. The van der Waals surface area contributed by atoms with Crippen molar-refractivity contribution in [3.8, 4) is 0 Å². The number of ether oxygens (including phenoxy) is 1. The van der Waals surface area contributed by atoms with Crippen molar-refractivity contribution in [2.24, 2.45) is 17.6 Å². The minimum absolute atomic E-state index is 0.171. The summed E-state index contributed by atoms with van der Waals surface area (Å²) < 4.78 is 18.8. The first-order valence-electron chi connectivity index (χ1n) is 7.19. The third kappa shape index (κ3) is 4.02. The van der Waals surface area contributed by atoms with Gasteiger partial charge in [-0.1, -0.05) is 26.0 Å². The maximum Gasteiger partial charge on any atom is 0.123 e. The van der Waals surface area contributed by atoms with E-state index in [1.54, 1.807) is 12.1 Å². The van der Waals surface area contributed by atoms with E-state index in [0.717, 1.165) is 30.2 Å². The van der Waals surface area contributed by atoms with Crippen LogP contribution in [0.2, 0.25) is 0 Å². The summed E-state index contributed by atoms with van der Waals surface area (Å²) in [6.45, 7) is 5.11. The summed E-state index contributed by atoms with van der Waals surface area (Å²) in [4.78, 5) is 0. The molecule has 0 aliphatic heterocycles. The van der Waals surface area contributed by atoms with E-state index in [1.165, 1.54) is 18.6 Å². The van der Waals surface area contributed by atoms with Crippen molar-refractivity contribution in [3.63, 3.8) is 0 Å². The first-order valence-corrected chi connectivity index (χ1v) is 7.19. The topological polar surface area (TPSA) is 35.2 Å². The molecular weight excluding hydrogens is 241 g/mol. The van der Waals surface area contributed by atoms with Crippen LogP contribution in [0.5, 0.6) is 0 Å². The zero-order valence-electron chi connectivity index (χ0n) is 11.8. The highest BCUT2D eigenvalue weighted by Gasteiger charge is 2.25. The largest absolute Gasteiger partial charge is 0.376 e. The van der Waals surface area contributed by atoms with Gasteiger partial charge < -0.3 is 10.5 Å². The van der Waals surface area contributed by atoms with Crippen molar-refractivity contribution >= 4 is 0 Å². The molecule has 2 N–H and O–H groups in total. The van der Waals surface area contributed by atoms with Gasteiger partial charge in [0.25, 0.3) is 0 Å². The number of benzene rings is 1. The summed E-state index contributed by atoms with van der Waals surface area (Å²) in [5, 5.41) is 0. The molecule has 1 saturated carbocycles. The van der Waals surface area contributed by atoms with E-state index in [0.29, 0.717) is 12.7 Å². The Morgan fingerprint density at radius 3 is 2.53 bits per heavy atom. The van der Waals surface area contributed by atoms with Crippen molar-refractivity contribution in [2.75, 3.05) is 6.61 Å². The second-order valence-corrected chi connectivity index (χ2v) is 5.88. The van der Waals surface area contributed by atoms with Crippen molar-refractivity contribution in [3.05, 3.63) is 35.6 Å². The minimum Gasteiger partial charge on any atom is -0.376 e. The third-order valence-corrected chi connectivity index (χ3v) is 4.36. The SMILES string of the molecule is CC1CCC(OCC(N)c2ccc(F)cc2)CC1C. The molecule has 0 spiro atoms. The number of nitrogens with two attached hydrogens (primary N) is 1. The van der Waals surface area contributed by atoms with Gasteiger partial charge in [0.15, 0.2) is 0 Å². The molecule has 0 heterocycles. The Labute approximate surface area is 115 Å². The van der Waals surface area contributed by atoms with E-state index in [-0.39, 0.29) is 11.9 Å². The molecule has 0 saturated heterocycles. The Kier molecular flexibility index (Phi) is 4.94. The lowest BCUT2D eigenvalue weighted by Crippen LogP contribution is -2.29. The number of hydrogen-bond donors (Lipinski definition) is 1. The lowest BCUT2D eigenvalue weighted by molar-refractivity contribution is -0.00363. The van der Waals surface area contributed by atoms with Crippen molar-refractivity contribution in [2.45, 2.75) is 45.3 Å². The van der Waals surface area contributed by atoms with E-state index in [4.69, 9.17) is 10.5 Å². The molecule has 4 atom stereocenters. The van der Waals surface area contributed by atoms with Gasteiger partial charge in [0.2, 0.25) is 0 Å². The van der Waals surface area contributed by atoms with E-state index < -0.39 is 0 Å². The lowest BCUT2D eigenvalue weighted by atomic mass is 9.80. The zero-order valence-corrected chi connectivity index (χ0v) is 11.8. The molecule has 19 heavy (non-hydrogen) atoms. The molecule has 1 aromatic rings. The number of rotatable bonds is 4. The average molecular weight is 265 g/mol. The predicted octanol–water partition coefficient (Wildman–Crippen LogP) is 3.67. The molecule has 1 fully saturated rings. The maximum absolute atomic E-state index is 12.8. The van der Waals surface area contributed by atoms with Gasteiger partial charge in [-0.05, 0) is 48.8 Å². The van der Waals surface area contributed by atoms with Gasteiger partial charge in [0.05, 0.1) is 18.8 Å². The van der Waals surface area contributed by atoms with Crippen molar-refractivity contribution < 1.29 is 9.13 Å². The third-order valence-electron chi connectivity index (χ3n) is 4.36. The molecule has 1 aliphatic carbocycles. The highest BCUT2D eigenvalue weighted by atomic mass is 19.1. The Balaban J connectivity index is 1.80. The zero-order chi connectivity index (χ0) is 13.8. The van der Waals surface area contributed by atoms with Crippen LogP contribution in [0, 0.1) is 17.7 Å². The number of hydrogen-bond acceptors (Lipinski definition) is 2. The minimum atomic E-state index is -0.230. The molecule has 3 heteroatoms. The van der Waals surface area contributed by atoms with Crippen LogP contribution in [0.3, 0.4) is 0 Å². The fraction of sp³-hybridized carbons (Fsp3) is 0.625. The van der Waals surface area contributed by atoms with Gasteiger partial charge >= 0.3 is 0 Å². The van der Waals surface area contributed by atoms with Gasteiger partial charge in [0, 0.05) is 0 Å². The Hall–Kier alpha value is -0.930. The maximum atomic E-state index is 12.8. The first kappa shape index (κ1) is 14.5. The fourth-order valence-corrected chi connectivity index (χ4v) is 2.70. The van der Waals surface area contributed by atoms with Crippen LogP contribution in [-0.2, 0) is 4.74 Å². The van der Waals surface area contributed by atoms with Crippen molar-refractivity contribution in [1.29, 1.82) is 0 Å². The van der Waals surface area contributed by atoms with E-state index >= 15 is 0 Å². The molecule has 2 rings (SSSR count). The second-order valence-electron chi connectivity index (χ2n) is 5.88. The summed E-state index contributed by atoms with van der Waals surface area (Å²) in [5.41, 5.74) is 7.01. The molecular formula is C16H24FNO. The molecule has 0 bridgehead atoms.